The second-order valence-corrected chi connectivity index (χ2v) is 10.5. The fraction of sp³-hybridized carbons (Fsp3) is 0.370. The minimum atomic E-state index is -0.401. The van der Waals surface area contributed by atoms with Gasteiger partial charge < -0.3 is 10.1 Å². The lowest BCUT2D eigenvalue weighted by atomic mass is 9.57. The normalized spacial score (nSPS) is 23.6. The minimum Gasteiger partial charge on any atom is -0.469 e. The van der Waals surface area contributed by atoms with E-state index in [0.29, 0.717) is 26.5 Å². The highest BCUT2D eigenvalue weighted by Crippen LogP contribution is 2.53. The largest absolute Gasteiger partial charge is 0.469 e. The van der Waals surface area contributed by atoms with Gasteiger partial charge in [0.05, 0.1) is 34.3 Å². The van der Waals surface area contributed by atoms with Crippen molar-refractivity contribution < 1.29 is 14.3 Å². The first-order valence-electron chi connectivity index (χ1n) is 11.5. The molecule has 0 unspecified atom stereocenters. The first-order valence-corrected chi connectivity index (χ1v) is 12.3. The summed E-state index contributed by atoms with van der Waals surface area (Å²) in [6.07, 6.45) is 4.43. The van der Waals surface area contributed by atoms with Crippen LogP contribution in [0.3, 0.4) is 0 Å². The number of carbonyl (C=O) groups excluding carboxylic acids is 2. The predicted molar refractivity (Wildman–Crippen MR) is 134 cm³/mol. The number of aromatic nitrogens is 1. The maximum absolute atomic E-state index is 13.9. The van der Waals surface area contributed by atoms with Crippen LogP contribution in [0.2, 0.25) is 10.0 Å². The summed E-state index contributed by atoms with van der Waals surface area (Å²) in [6, 6.07) is 13.2. The number of pyridine rings is 1. The Morgan fingerprint density at radius 2 is 1.65 bits per heavy atom. The number of hydrogen-bond acceptors (Lipinski definition) is 4. The second kappa shape index (κ2) is 8.54. The number of amides is 1. The first kappa shape index (κ1) is 23.1. The number of fused-ring (bicyclic) bond motifs is 4. The number of carbonyl (C=O) groups is 2. The van der Waals surface area contributed by atoms with Gasteiger partial charge >= 0.3 is 5.97 Å². The van der Waals surface area contributed by atoms with E-state index in [-0.39, 0.29) is 17.4 Å². The van der Waals surface area contributed by atoms with Gasteiger partial charge in [0.1, 0.15) is 0 Å². The van der Waals surface area contributed by atoms with Crippen molar-refractivity contribution in [3.8, 4) is 11.3 Å². The minimum absolute atomic E-state index is 0.125. The van der Waals surface area contributed by atoms with Gasteiger partial charge in [0, 0.05) is 21.5 Å². The van der Waals surface area contributed by atoms with Crippen molar-refractivity contribution in [1.82, 2.24) is 10.3 Å². The molecule has 3 aliphatic rings. The molecule has 2 bridgehead atoms. The van der Waals surface area contributed by atoms with E-state index in [2.05, 4.69) is 5.32 Å². The Morgan fingerprint density at radius 3 is 2.26 bits per heavy atom. The lowest BCUT2D eigenvalue weighted by molar-refractivity contribution is -0.160. The van der Waals surface area contributed by atoms with Crippen LogP contribution in [0.5, 0.6) is 0 Å². The molecule has 3 saturated carbocycles. The number of halogens is 2. The molecule has 5 nitrogen and oxygen atoms in total. The van der Waals surface area contributed by atoms with Crippen molar-refractivity contribution in [3.05, 3.63) is 63.6 Å². The van der Waals surface area contributed by atoms with Crippen LogP contribution in [0, 0.1) is 12.3 Å². The average Bonchev–Trinajstić information content (AvgIpc) is 2.84. The Balaban J connectivity index is 1.56. The van der Waals surface area contributed by atoms with Gasteiger partial charge in [-0.1, -0.05) is 53.5 Å². The molecule has 7 heteroatoms. The highest BCUT2D eigenvalue weighted by molar-refractivity contribution is 6.39. The molecule has 176 valence electrons. The maximum Gasteiger partial charge on any atom is 0.311 e. The molecule has 0 atom stereocenters. The van der Waals surface area contributed by atoms with E-state index >= 15 is 0 Å². The number of hydrogen-bond donors (Lipinski definition) is 1. The van der Waals surface area contributed by atoms with Gasteiger partial charge in [-0.15, -0.1) is 0 Å². The lowest BCUT2D eigenvalue weighted by Gasteiger charge is -2.52. The first-order chi connectivity index (χ1) is 16.3. The molecule has 1 amide bonds. The standard InChI is InChI=1S/C27H26Cl2N2O3/c1-16-21(24(32)31-27-11-8-26(9-12-27,10-13-27)25(33)34-2)19-14-18(28)15-20(29)23(19)30-22(16)17-6-4-3-5-7-17/h3-7,14-15H,8-13H2,1-2H3,(H,31,32). The number of rotatable bonds is 4. The van der Waals surface area contributed by atoms with Gasteiger partial charge in [-0.25, -0.2) is 4.98 Å². The molecule has 1 N–H and O–H groups in total. The average molecular weight is 497 g/mol. The maximum atomic E-state index is 13.9. The topological polar surface area (TPSA) is 68.3 Å². The molecule has 1 aromatic heterocycles. The summed E-state index contributed by atoms with van der Waals surface area (Å²) in [5, 5.41) is 4.86. The molecule has 6 rings (SSSR count). The second-order valence-electron chi connectivity index (χ2n) is 9.62. The van der Waals surface area contributed by atoms with Gasteiger partial charge in [0.2, 0.25) is 0 Å². The highest BCUT2D eigenvalue weighted by atomic mass is 35.5. The quantitative estimate of drug-likeness (QED) is 0.417. The van der Waals surface area contributed by atoms with Crippen LogP contribution in [0.4, 0.5) is 0 Å². The molecule has 0 radical (unpaired) electrons. The van der Waals surface area contributed by atoms with Crippen LogP contribution in [-0.2, 0) is 9.53 Å². The fourth-order valence-corrected chi connectivity index (χ4v) is 6.29. The summed E-state index contributed by atoms with van der Waals surface area (Å²) >= 11 is 12.9. The molecule has 0 aliphatic heterocycles. The molecule has 0 saturated heterocycles. The van der Waals surface area contributed by atoms with Gasteiger partial charge in [-0.2, -0.15) is 0 Å². The Labute approximate surface area is 208 Å². The number of benzene rings is 2. The zero-order chi connectivity index (χ0) is 24.1. The summed E-state index contributed by atoms with van der Waals surface area (Å²) in [5.41, 5.74) is 2.77. The van der Waals surface area contributed by atoms with Crippen LogP contribution in [0.1, 0.15) is 54.4 Å². The molecule has 3 aromatic rings. The number of esters is 1. The van der Waals surface area contributed by atoms with Crippen LogP contribution < -0.4 is 5.32 Å². The molecule has 0 spiro atoms. The zero-order valence-electron chi connectivity index (χ0n) is 19.2. The summed E-state index contributed by atoms with van der Waals surface area (Å²) in [7, 11) is 1.45. The number of ether oxygens (including phenoxy) is 1. The predicted octanol–water partition coefficient (Wildman–Crippen LogP) is 6.51. The van der Waals surface area contributed by atoms with Crippen molar-refractivity contribution in [1.29, 1.82) is 0 Å². The monoisotopic (exact) mass is 496 g/mol. The van der Waals surface area contributed by atoms with Crippen molar-refractivity contribution in [3.63, 3.8) is 0 Å². The Morgan fingerprint density at radius 1 is 1.00 bits per heavy atom. The molecule has 3 fully saturated rings. The molecular formula is C27H26Cl2N2O3. The highest BCUT2D eigenvalue weighted by Gasteiger charge is 2.53. The van der Waals surface area contributed by atoms with Crippen molar-refractivity contribution in [2.24, 2.45) is 5.41 Å². The summed E-state index contributed by atoms with van der Waals surface area (Å²) < 4.78 is 5.08. The van der Waals surface area contributed by atoms with Crippen molar-refractivity contribution in [2.45, 2.75) is 51.0 Å². The van der Waals surface area contributed by atoms with Crippen LogP contribution >= 0.6 is 23.2 Å². The van der Waals surface area contributed by atoms with Gasteiger partial charge in [-0.3, -0.25) is 9.59 Å². The third kappa shape index (κ3) is 3.75. The smallest absolute Gasteiger partial charge is 0.311 e. The third-order valence-corrected chi connectivity index (χ3v) is 8.28. The molecule has 2 aromatic carbocycles. The van der Waals surface area contributed by atoms with E-state index in [9.17, 15) is 9.59 Å². The molecule has 34 heavy (non-hydrogen) atoms. The third-order valence-electron chi connectivity index (χ3n) is 7.77. The summed E-state index contributed by atoms with van der Waals surface area (Å²) in [5.74, 6) is -0.284. The van der Waals surface area contributed by atoms with Gasteiger partial charge in [-0.05, 0) is 63.1 Å². The van der Waals surface area contributed by atoms with Gasteiger partial charge in [0.25, 0.3) is 5.91 Å². The lowest BCUT2D eigenvalue weighted by Crippen LogP contribution is -2.58. The Kier molecular flexibility index (Phi) is 5.81. The van der Waals surface area contributed by atoms with Gasteiger partial charge in [0.15, 0.2) is 0 Å². The van der Waals surface area contributed by atoms with E-state index in [0.717, 1.165) is 55.3 Å². The van der Waals surface area contributed by atoms with E-state index < -0.39 is 5.41 Å². The van der Waals surface area contributed by atoms with Crippen LogP contribution in [-0.4, -0.2) is 29.5 Å². The van der Waals surface area contributed by atoms with E-state index in [1.807, 2.05) is 37.3 Å². The molecule has 3 aliphatic carbocycles. The van der Waals surface area contributed by atoms with Crippen molar-refractivity contribution in [2.75, 3.05) is 7.11 Å². The summed E-state index contributed by atoms with van der Waals surface area (Å²) in [6.45, 7) is 1.92. The fourth-order valence-electron chi connectivity index (χ4n) is 5.76. The number of methoxy groups -OCH3 is 1. The number of nitrogens with one attached hydrogen (secondary N) is 1. The summed E-state index contributed by atoms with van der Waals surface area (Å²) in [4.78, 5) is 31.1. The zero-order valence-corrected chi connectivity index (χ0v) is 20.7. The SMILES string of the molecule is COC(=O)C12CCC(NC(=O)c3c(C)c(-c4ccccc4)nc4c(Cl)cc(Cl)cc34)(CC1)CC2. The van der Waals surface area contributed by atoms with E-state index in [1.165, 1.54) is 7.11 Å². The van der Waals surface area contributed by atoms with E-state index in [1.54, 1.807) is 12.1 Å². The number of nitrogens with zero attached hydrogens (tertiary/aromatic N) is 1. The van der Waals surface area contributed by atoms with Crippen molar-refractivity contribution >= 4 is 46.0 Å². The van der Waals surface area contributed by atoms with E-state index in [4.69, 9.17) is 32.9 Å². The van der Waals surface area contributed by atoms with Crippen LogP contribution in [0.25, 0.3) is 22.2 Å². The Bertz CT molecular complexity index is 1280. The van der Waals surface area contributed by atoms with Crippen LogP contribution in [0.15, 0.2) is 42.5 Å². The molecule has 1 heterocycles. The molecular weight excluding hydrogens is 471 g/mol. The Hall–Kier alpha value is -2.63.